The summed E-state index contributed by atoms with van der Waals surface area (Å²) in [5.41, 5.74) is 3.65. The first kappa shape index (κ1) is 21.1. The first-order valence-electron chi connectivity index (χ1n) is 10.5. The number of pyridine rings is 1. The number of rotatable bonds is 5. The Labute approximate surface area is 180 Å². The number of carbonyl (C=O) groups is 1. The first-order valence-corrected chi connectivity index (χ1v) is 10.5. The van der Waals surface area contributed by atoms with Crippen molar-refractivity contribution in [1.29, 1.82) is 0 Å². The van der Waals surface area contributed by atoms with Gasteiger partial charge in [0.2, 0.25) is 0 Å². The van der Waals surface area contributed by atoms with Crippen LogP contribution in [0.2, 0.25) is 0 Å². The van der Waals surface area contributed by atoms with Gasteiger partial charge in [0.25, 0.3) is 5.56 Å². The summed E-state index contributed by atoms with van der Waals surface area (Å²) in [5.74, 6) is -0.373. The summed E-state index contributed by atoms with van der Waals surface area (Å²) in [6.45, 7) is 5.14. The molecule has 6 nitrogen and oxygen atoms in total. The molecular weight excluding hydrogens is 397 g/mol. The number of urea groups is 1. The SMILES string of the molecule is Cc1ccc(C)c2[nH]c(=O)c(CN(CC3CCCO3)C(=O)Nc3ccc(F)cc3)cc12. The lowest BCUT2D eigenvalue weighted by molar-refractivity contribution is 0.0818. The summed E-state index contributed by atoms with van der Waals surface area (Å²) in [4.78, 5) is 30.4. The van der Waals surface area contributed by atoms with Crippen LogP contribution >= 0.6 is 0 Å². The molecular formula is C24H26FN3O3. The van der Waals surface area contributed by atoms with Gasteiger partial charge in [-0.25, -0.2) is 9.18 Å². The average molecular weight is 423 g/mol. The minimum atomic E-state index is -0.373. The molecule has 0 radical (unpaired) electrons. The molecule has 2 amide bonds. The molecule has 7 heteroatoms. The van der Waals surface area contributed by atoms with E-state index in [-0.39, 0.29) is 30.1 Å². The quantitative estimate of drug-likeness (QED) is 0.635. The van der Waals surface area contributed by atoms with Gasteiger partial charge >= 0.3 is 6.03 Å². The van der Waals surface area contributed by atoms with E-state index in [9.17, 15) is 14.0 Å². The van der Waals surface area contributed by atoms with Crippen LogP contribution < -0.4 is 10.9 Å². The largest absolute Gasteiger partial charge is 0.376 e. The van der Waals surface area contributed by atoms with Crippen LogP contribution in [0.15, 0.2) is 47.3 Å². The number of nitrogens with zero attached hydrogens (tertiary/aromatic N) is 1. The second-order valence-electron chi connectivity index (χ2n) is 8.06. The smallest absolute Gasteiger partial charge is 0.322 e. The van der Waals surface area contributed by atoms with Crippen molar-refractivity contribution in [2.75, 3.05) is 18.5 Å². The van der Waals surface area contributed by atoms with Crippen LogP contribution in [-0.4, -0.2) is 35.2 Å². The summed E-state index contributed by atoms with van der Waals surface area (Å²) in [7, 11) is 0. The Balaban J connectivity index is 1.63. The lowest BCUT2D eigenvalue weighted by Gasteiger charge is -2.26. The molecule has 0 bridgehead atoms. The number of amides is 2. The van der Waals surface area contributed by atoms with Gasteiger partial charge in [-0.3, -0.25) is 4.79 Å². The Bertz CT molecular complexity index is 1150. The highest BCUT2D eigenvalue weighted by Gasteiger charge is 2.24. The number of ether oxygens (including phenoxy) is 1. The minimum Gasteiger partial charge on any atom is -0.376 e. The number of halogens is 1. The van der Waals surface area contributed by atoms with Crippen molar-refractivity contribution in [2.24, 2.45) is 0 Å². The number of aromatic nitrogens is 1. The van der Waals surface area contributed by atoms with Crippen LogP contribution in [0.5, 0.6) is 0 Å². The fraction of sp³-hybridized carbons (Fsp3) is 0.333. The number of benzene rings is 2. The Morgan fingerprint density at radius 3 is 2.65 bits per heavy atom. The van der Waals surface area contributed by atoms with E-state index in [1.807, 2.05) is 32.0 Å². The van der Waals surface area contributed by atoms with Gasteiger partial charge in [0.1, 0.15) is 5.82 Å². The van der Waals surface area contributed by atoms with Gasteiger partial charge in [0.15, 0.2) is 0 Å². The van der Waals surface area contributed by atoms with E-state index in [1.165, 1.54) is 24.3 Å². The molecule has 2 aromatic carbocycles. The van der Waals surface area contributed by atoms with Crippen molar-refractivity contribution < 1.29 is 13.9 Å². The third-order valence-electron chi connectivity index (χ3n) is 5.71. The number of aryl methyl sites for hydroxylation is 2. The van der Waals surface area contributed by atoms with E-state index in [0.29, 0.717) is 24.4 Å². The summed E-state index contributed by atoms with van der Waals surface area (Å²) >= 11 is 0. The van der Waals surface area contributed by atoms with Crippen LogP contribution in [0.1, 0.15) is 29.5 Å². The van der Waals surface area contributed by atoms with Gasteiger partial charge in [-0.15, -0.1) is 0 Å². The van der Waals surface area contributed by atoms with Crippen LogP contribution in [-0.2, 0) is 11.3 Å². The molecule has 31 heavy (non-hydrogen) atoms. The number of nitrogens with one attached hydrogen (secondary N) is 2. The molecule has 1 aliphatic rings. The fourth-order valence-electron chi connectivity index (χ4n) is 3.93. The minimum absolute atomic E-state index is 0.0671. The fourth-order valence-corrected chi connectivity index (χ4v) is 3.93. The number of aromatic amines is 1. The van der Waals surface area contributed by atoms with Crippen molar-refractivity contribution in [2.45, 2.75) is 39.3 Å². The average Bonchev–Trinajstić information content (AvgIpc) is 3.26. The predicted molar refractivity (Wildman–Crippen MR) is 119 cm³/mol. The molecule has 1 unspecified atom stereocenters. The zero-order valence-electron chi connectivity index (χ0n) is 17.7. The summed E-state index contributed by atoms with van der Waals surface area (Å²) in [6.07, 6.45) is 1.75. The molecule has 1 atom stereocenters. The molecule has 1 saturated heterocycles. The lowest BCUT2D eigenvalue weighted by Crippen LogP contribution is -2.40. The molecule has 0 saturated carbocycles. The highest BCUT2D eigenvalue weighted by molar-refractivity contribution is 5.89. The first-order chi connectivity index (χ1) is 14.9. The molecule has 3 aromatic rings. The highest BCUT2D eigenvalue weighted by Crippen LogP contribution is 2.21. The number of fused-ring (bicyclic) bond motifs is 1. The topological polar surface area (TPSA) is 74.4 Å². The molecule has 1 aliphatic heterocycles. The van der Waals surface area contributed by atoms with Gasteiger partial charge < -0.3 is 19.9 Å². The van der Waals surface area contributed by atoms with E-state index in [4.69, 9.17) is 4.74 Å². The van der Waals surface area contributed by atoms with Crippen LogP contribution in [0, 0.1) is 19.7 Å². The van der Waals surface area contributed by atoms with Gasteiger partial charge in [0, 0.05) is 29.8 Å². The van der Waals surface area contributed by atoms with E-state index in [1.54, 1.807) is 4.90 Å². The monoisotopic (exact) mass is 423 g/mol. The third kappa shape index (κ3) is 4.77. The second kappa shape index (κ2) is 8.89. The summed E-state index contributed by atoms with van der Waals surface area (Å²) in [5, 5.41) is 3.76. The molecule has 0 aliphatic carbocycles. The van der Waals surface area contributed by atoms with Crippen molar-refractivity contribution in [3.05, 3.63) is 75.3 Å². The standard InChI is InChI=1S/C24H26FN3O3/c1-15-5-6-16(2)22-21(15)12-17(23(29)27-22)13-28(14-20-4-3-11-31-20)24(30)26-19-9-7-18(25)8-10-19/h5-10,12,20H,3-4,11,13-14H2,1-2H3,(H,26,30)(H,27,29). The molecule has 1 aromatic heterocycles. The van der Waals surface area contributed by atoms with Crippen molar-refractivity contribution in [3.63, 3.8) is 0 Å². The predicted octanol–water partition coefficient (Wildman–Crippen LogP) is 4.50. The van der Waals surface area contributed by atoms with Crippen LogP contribution in [0.3, 0.4) is 0 Å². The number of hydrogen-bond donors (Lipinski definition) is 2. The van der Waals surface area contributed by atoms with Crippen LogP contribution in [0.4, 0.5) is 14.9 Å². The number of carbonyl (C=O) groups excluding carboxylic acids is 1. The second-order valence-corrected chi connectivity index (χ2v) is 8.06. The third-order valence-corrected chi connectivity index (χ3v) is 5.71. The molecule has 1 fully saturated rings. The van der Waals surface area contributed by atoms with E-state index >= 15 is 0 Å². The van der Waals surface area contributed by atoms with E-state index in [2.05, 4.69) is 10.3 Å². The molecule has 4 rings (SSSR count). The lowest BCUT2D eigenvalue weighted by atomic mass is 10.0. The highest BCUT2D eigenvalue weighted by atomic mass is 19.1. The number of H-pyrrole nitrogens is 1. The van der Waals surface area contributed by atoms with Crippen LogP contribution in [0.25, 0.3) is 10.9 Å². The summed E-state index contributed by atoms with van der Waals surface area (Å²) in [6, 6.07) is 11.1. The van der Waals surface area contributed by atoms with Gasteiger partial charge in [0.05, 0.1) is 18.2 Å². The maximum atomic E-state index is 13.2. The number of anilines is 1. The van der Waals surface area contributed by atoms with Crippen molar-refractivity contribution in [3.8, 4) is 0 Å². The Morgan fingerprint density at radius 2 is 1.94 bits per heavy atom. The number of hydrogen-bond acceptors (Lipinski definition) is 3. The summed E-state index contributed by atoms with van der Waals surface area (Å²) < 4.78 is 18.9. The Morgan fingerprint density at radius 1 is 1.19 bits per heavy atom. The van der Waals surface area contributed by atoms with Gasteiger partial charge in [-0.1, -0.05) is 12.1 Å². The maximum absolute atomic E-state index is 13.2. The molecule has 2 heterocycles. The molecule has 162 valence electrons. The Hall–Kier alpha value is -3.19. The zero-order valence-corrected chi connectivity index (χ0v) is 17.7. The Kier molecular flexibility index (Phi) is 6.04. The van der Waals surface area contributed by atoms with Crippen molar-refractivity contribution in [1.82, 2.24) is 9.88 Å². The van der Waals surface area contributed by atoms with E-state index < -0.39 is 0 Å². The molecule has 2 N–H and O–H groups in total. The zero-order chi connectivity index (χ0) is 22.0. The maximum Gasteiger partial charge on any atom is 0.322 e. The normalized spacial score (nSPS) is 15.9. The van der Waals surface area contributed by atoms with E-state index in [0.717, 1.165) is 34.9 Å². The van der Waals surface area contributed by atoms with Gasteiger partial charge in [-0.2, -0.15) is 0 Å². The van der Waals surface area contributed by atoms with Gasteiger partial charge in [-0.05, 0) is 68.1 Å². The molecule has 0 spiro atoms. The van der Waals surface area contributed by atoms with Crippen molar-refractivity contribution >= 4 is 22.6 Å².